The Bertz CT molecular complexity index is 3270. The average Bonchev–Trinajstić information content (AvgIpc) is 3.75. The number of rotatable bonds is 7. The summed E-state index contributed by atoms with van der Waals surface area (Å²) in [6.07, 6.45) is 1.12. The largest absolute Gasteiger partial charge is 0.456 e. The standard InChI is InChI=1S/C59H47NO/c1-58(2)38-59(3,4)54-37-56-52(36-53(54)58)57-50(24-15-25-55(57)61-56)44-27-26-40-28-29-47(34-45(40)32-44)60(46-23-14-22-43(33-46)39-16-8-5-9-17-39)48-30-31-49(41-18-10-6-11-19-41)51(35-48)42-20-12-7-13-21-42/h5-37H,38H2,1-4H3. The van der Waals surface area contributed by atoms with E-state index in [-0.39, 0.29) is 10.8 Å². The zero-order valence-corrected chi connectivity index (χ0v) is 35.1. The second-order valence-electron chi connectivity index (χ2n) is 18.1. The summed E-state index contributed by atoms with van der Waals surface area (Å²) >= 11 is 0. The molecule has 0 saturated carbocycles. The van der Waals surface area contributed by atoms with Crippen LogP contribution in [0.4, 0.5) is 17.1 Å². The lowest BCUT2D eigenvalue weighted by molar-refractivity contribution is 0.403. The topological polar surface area (TPSA) is 16.4 Å². The van der Waals surface area contributed by atoms with E-state index in [9.17, 15) is 0 Å². The lowest BCUT2D eigenvalue weighted by Gasteiger charge is -2.27. The fourth-order valence-corrected chi connectivity index (χ4v) is 10.4. The van der Waals surface area contributed by atoms with Crippen LogP contribution in [0.3, 0.4) is 0 Å². The van der Waals surface area contributed by atoms with Gasteiger partial charge in [-0.2, -0.15) is 0 Å². The maximum atomic E-state index is 6.65. The molecular formula is C59H47NO. The smallest absolute Gasteiger partial charge is 0.136 e. The highest BCUT2D eigenvalue weighted by Crippen LogP contribution is 2.52. The van der Waals surface area contributed by atoms with Gasteiger partial charge in [0.25, 0.3) is 0 Å². The van der Waals surface area contributed by atoms with Crippen molar-refractivity contribution in [2.24, 2.45) is 0 Å². The van der Waals surface area contributed by atoms with Gasteiger partial charge in [0.15, 0.2) is 0 Å². The number of nitrogens with zero attached hydrogens (tertiary/aromatic N) is 1. The maximum Gasteiger partial charge on any atom is 0.136 e. The van der Waals surface area contributed by atoms with E-state index in [2.05, 4.69) is 233 Å². The van der Waals surface area contributed by atoms with Crippen molar-refractivity contribution in [1.29, 1.82) is 0 Å². The van der Waals surface area contributed by atoms with Crippen molar-refractivity contribution in [3.05, 3.63) is 211 Å². The van der Waals surface area contributed by atoms with Gasteiger partial charge in [-0.1, -0.05) is 167 Å². The van der Waals surface area contributed by atoms with Gasteiger partial charge in [-0.25, -0.2) is 0 Å². The Balaban J connectivity index is 1.09. The van der Waals surface area contributed by atoms with Crippen LogP contribution in [0.2, 0.25) is 0 Å². The molecule has 0 unspecified atom stereocenters. The van der Waals surface area contributed by atoms with Crippen LogP contribution in [0, 0.1) is 0 Å². The van der Waals surface area contributed by atoms with Gasteiger partial charge in [0.1, 0.15) is 11.2 Å². The number of hydrogen-bond acceptors (Lipinski definition) is 2. The third kappa shape index (κ3) is 6.42. The monoisotopic (exact) mass is 785 g/mol. The molecule has 0 saturated heterocycles. The molecule has 0 amide bonds. The highest BCUT2D eigenvalue weighted by atomic mass is 16.3. The van der Waals surface area contributed by atoms with Gasteiger partial charge in [0, 0.05) is 27.8 Å². The van der Waals surface area contributed by atoms with Gasteiger partial charge in [-0.05, 0) is 144 Å². The zero-order valence-electron chi connectivity index (χ0n) is 35.1. The van der Waals surface area contributed by atoms with Crippen molar-refractivity contribution in [2.75, 3.05) is 4.90 Å². The molecule has 0 aliphatic heterocycles. The van der Waals surface area contributed by atoms with Gasteiger partial charge >= 0.3 is 0 Å². The second-order valence-corrected chi connectivity index (χ2v) is 18.1. The summed E-state index contributed by atoms with van der Waals surface area (Å²) in [5.74, 6) is 0. The number of benzene rings is 9. The van der Waals surface area contributed by atoms with Crippen LogP contribution in [0.25, 0.3) is 77.2 Å². The molecule has 10 aromatic rings. The highest BCUT2D eigenvalue weighted by molar-refractivity contribution is 6.13. The first-order valence-corrected chi connectivity index (χ1v) is 21.5. The lowest BCUT2D eigenvalue weighted by atomic mass is 9.82. The van der Waals surface area contributed by atoms with Gasteiger partial charge in [-0.15, -0.1) is 0 Å². The molecule has 0 radical (unpaired) electrons. The Morgan fingerprint density at radius 1 is 0.377 bits per heavy atom. The number of hydrogen-bond donors (Lipinski definition) is 0. The molecule has 9 aromatic carbocycles. The quantitative estimate of drug-likeness (QED) is 0.160. The van der Waals surface area contributed by atoms with Crippen LogP contribution < -0.4 is 4.90 Å². The molecular weight excluding hydrogens is 739 g/mol. The first-order chi connectivity index (χ1) is 29.7. The zero-order chi connectivity index (χ0) is 41.3. The lowest BCUT2D eigenvalue weighted by Crippen LogP contribution is -2.17. The maximum absolute atomic E-state index is 6.65. The van der Waals surface area contributed by atoms with Crippen molar-refractivity contribution in [1.82, 2.24) is 0 Å². The van der Waals surface area contributed by atoms with Crippen LogP contribution in [0.5, 0.6) is 0 Å². The molecule has 61 heavy (non-hydrogen) atoms. The van der Waals surface area contributed by atoms with Crippen molar-refractivity contribution >= 4 is 49.8 Å². The number of furan rings is 1. The van der Waals surface area contributed by atoms with E-state index < -0.39 is 0 Å². The van der Waals surface area contributed by atoms with Crippen LogP contribution in [0.15, 0.2) is 205 Å². The molecule has 1 aliphatic rings. The fourth-order valence-electron chi connectivity index (χ4n) is 10.4. The fraction of sp³-hybridized carbons (Fsp3) is 0.119. The van der Waals surface area contributed by atoms with E-state index in [0.717, 1.165) is 34.6 Å². The Morgan fingerprint density at radius 3 is 1.70 bits per heavy atom. The van der Waals surface area contributed by atoms with Gasteiger partial charge in [0.05, 0.1) is 0 Å². The molecule has 0 fully saturated rings. The van der Waals surface area contributed by atoms with Crippen LogP contribution in [0.1, 0.15) is 45.2 Å². The first-order valence-electron chi connectivity index (χ1n) is 21.5. The third-order valence-corrected chi connectivity index (χ3v) is 13.0. The third-order valence-electron chi connectivity index (χ3n) is 13.0. The van der Waals surface area contributed by atoms with E-state index in [1.807, 2.05) is 0 Å². The Hall–Kier alpha value is -7.16. The summed E-state index contributed by atoms with van der Waals surface area (Å²) in [4.78, 5) is 2.41. The number of anilines is 3. The molecule has 1 aliphatic carbocycles. The van der Waals surface area contributed by atoms with Crippen molar-refractivity contribution in [3.63, 3.8) is 0 Å². The Labute approximate surface area is 358 Å². The predicted octanol–water partition coefficient (Wildman–Crippen LogP) is 16.8. The molecule has 1 aromatic heterocycles. The van der Waals surface area contributed by atoms with Gasteiger partial charge in [0.2, 0.25) is 0 Å². The van der Waals surface area contributed by atoms with Gasteiger partial charge < -0.3 is 9.32 Å². The van der Waals surface area contributed by atoms with Crippen LogP contribution >= 0.6 is 0 Å². The molecule has 1 heterocycles. The molecule has 11 rings (SSSR count). The minimum Gasteiger partial charge on any atom is -0.456 e. The minimum atomic E-state index is 0.0983. The Kier molecular flexibility index (Phi) is 8.61. The summed E-state index contributed by atoms with van der Waals surface area (Å²) in [7, 11) is 0. The van der Waals surface area contributed by atoms with E-state index in [0.29, 0.717) is 0 Å². The predicted molar refractivity (Wildman–Crippen MR) is 258 cm³/mol. The molecule has 294 valence electrons. The first kappa shape index (κ1) is 36.9. The highest BCUT2D eigenvalue weighted by Gasteiger charge is 2.42. The normalized spacial score (nSPS) is 14.1. The summed E-state index contributed by atoms with van der Waals surface area (Å²) in [5.41, 5.74) is 17.7. The molecule has 0 atom stereocenters. The van der Waals surface area contributed by atoms with E-state index in [1.165, 1.54) is 77.2 Å². The SMILES string of the molecule is CC1(C)CC(C)(C)c2cc3c(cc21)oc1cccc(-c2ccc4ccc(N(c5cccc(-c6ccccc6)c5)c5ccc(-c6ccccc6)c(-c6ccccc6)c5)cc4c2)c13. The molecule has 0 N–H and O–H groups in total. The van der Waals surface area contributed by atoms with Crippen LogP contribution in [-0.4, -0.2) is 0 Å². The summed E-state index contributed by atoms with van der Waals surface area (Å²) in [6.45, 7) is 9.51. The van der Waals surface area contributed by atoms with Crippen molar-refractivity contribution in [2.45, 2.75) is 44.9 Å². The van der Waals surface area contributed by atoms with E-state index in [1.54, 1.807) is 0 Å². The average molecular weight is 786 g/mol. The molecule has 0 spiro atoms. The summed E-state index contributed by atoms with van der Waals surface area (Å²) in [6, 6.07) is 73.0. The summed E-state index contributed by atoms with van der Waals surface area (Å²) < 4.78 is 6.65. The Morgan fingerprint density at radius 2 is 0.967 bits per heavy atom. The molecule has 0 bridgehead atoms. The molecule has 2 nitrogen and oxygen atoms in total. The second kappa shape index (κ2) is 14.2. The number of fused-ring (bicyclic) bond motifs is 5. The molecule has 2 heteroatoms. The van der Waals surface area contributed by atoms with E-state index >= 15 is 0 Å². The minimum absolute atomic E-state index is 0.0983. The van der Waals surface area contributed by atoms with Crippen molar-refractivity contribution in [3.8, 4) is 44.5 Å². The van der Waals surface area contributed by atoms with E-state index in [4.69, 9.17) is 4.42 Å². The van der Waals surface area contributed by atoms with Crippen molar-refractivity contribution < 1.29 is 4.42 Å². The van der Waals surface area contributed by atoms with Gasteiger partial charge in [-0.3, -0.25) is 0 Å². The summed E-state index contributed by atoms with van der Waals surface area (Å²) in [5, 5.41) is 4.75. The van der Waals surface area contributed by atoms with Crippen LogP contribution in [-0.2, 0) is 10.8 Å².